The second-order valence-electron chi connectivity index (χ2n) is 5.74. The zero-order valence-corrected chi connectivity index (χ0v) is 11.6. The Balaban J connectivity index is 1.63. The van der Waals surface area contributed by atoms with Gasteiger partial charge in [0.25, 0.3) is 0 Å². The first-order chi connectivity index (χ1) is 9.83. The van der Waals surface area contributed by atoms with Crippen molar-refractivity contribution in [1.29, 1.82) is 0 Å². The van der Waals surface area contributed by atoms with Crippen LogP contribution >= 0.6 is 0 Å². The number of hydrogen-bond acceptors (Lipinski definition) is 5. The second kappa shape index (κ2) is 4.63. The highest BCUT2D eigenvalue weighted by Crippen LogP contribution is 2.30. The first kappa shape index (κ1) is 12.0. The van der Waals surface area contributed by atoms with Crippen LogP contribution in [0.3, 0.4) is 0 Å². The minimum atomic E-state index is 0.532. The summed E-state index contributed by atoms with van der Waals surface area (Å²) in [5.41, 5.74) is 1.08. The Labute approximate surface area is 117 Å². The number of aromatic amines is 1. The standard InChI is InChI=1S/C14H19N5O/c1-9-4-6-20-12(9)13-16-14(18-17-13)19-5-2-3-10-7-15-8-11(10)19/h4,6,10-11,15H,2-3,5,7-8H2,1H3,(H,16,17,18). The maximum Gasteiger partial charge on any atom is 0.245 e. The molecule has 2 atom stereocenters. The van der Waals surface area contributed by atoms with E-state index in [1.54, 1.807) is 6.26 Å². The summed E-state index contributed by atoms with van der Waals surface area (Å²) >= 11 is 0. The zero-order valence-electron chi connectivity index (χ0n) is 11.6. The molecule has 6 heteroatoms. The van der Waals surface area contributed by atoms with Gasteiger partial charge < -0.3 is 14.6 Å². The number of anilines is 1. The van der Waals surface area contributed by atoms with Crippen molar-refractivity contribution in [3.63, 3.8) is 0 Å². The van der Waals surface area contributed by atoms with Crippen molar-refractivity contribution in [2.75, 3.05) is 24.5 Å². The smallest absolute Gasteiger partial charge is 0.245 e. The van der Waals surface area contributed by atoms with E-state index in [1.165, 1.54) is 12.8 Å². The van der Waals surface area contributed by atoms with Crippen molar-refractivity contribution in [3.8, 4) is 11.6 Å². The average molecular weight is 273 g/mol. The van der Waals surface area contributed by atoms with Gasteiger partial charge in [-0.3, -0.25) is 5.10 Å². The monoisotopic (exact) mass is 273 g/mol. The lowest BCUT2D eigenvalue weighted by Crippen LogP contribution is -2.45. The molecule has 4 rings (SSSR count). The van der Waals surface area contributed by atoms with Crippen LogP contribution < -0.4 is 10.2 Å². The van der Waals surface area contributed by atoms with Crippen molar-refractivity contribution in [1.82, 2.24) is 20.5 Å². The highest BCUT2D eigenvalue weighted by molar-refractivity contribution is 5.54. The molecular formula is C14H19N5O. The fourth-order valence-corrected chi connectivity index (χ4v) is 3.41. The lowest BCUT2D eigenvalue weighted by atomic mass is 9.92. The first-order valence-corrected chi connectivity index (χ1v) is 7.27. The predicted molar refractivity (Wildman–Crippen MR) is 75.5 cm³/mol. The summed E-state index contributed by atoms with van der Waals surface area (Å²) < 4.78 is 5.47. The van der Waals surface area contributed by atoms with Gasteiger partial charge >= 0.3 is 0 Å². The molecule has 0 aliphatic carbocycles. The molecule has 2 aliphatic rings. The summed E-state index contributed by atoms with van der Waals surface area (Å²) in [6.07, 6.45) is 4.21. The van der Waals surface area contributed by atoms with Crippen LogP contribution in [0.5, 0.6) is 0 Å². The topological polar surface area (TPSA) is 70.0 Å². The van der Waals surface area contributed by atoms with Gasteiger partial charge in [0.1, 0.15) is 0 Å². The SMILES string of the molecule is Cc1ccoc1-c1nc(N2CCCC3CNCC32)n[nH]1. The molecule has 2 aliphatic heterocycles. The lowest BCUT2D eigenvalue weighted by molar-refractivity contribution is 0.381. The number of hydrogen-bond donors (Lipinski definition) is 2. The molecular weight excluding hydrogens is 254 g/mol. The van der Waals surface area contributed by atoms with Gasteiger partial charge in [0.2, 0.25) is 5.95 Å². The van der Waals surface area contributed by atoms with E-state index in [2.05, 4.69) is 25.4 Å². The Morgan fingerprint density at radius 1 is 1.40 bits per heavy atom. The maximum absolute atomic E-state index is 5.47. The molecule has 0 spiro atoms. The predicted octanol–water partition coefficient (Wildman–Crippen LogP) is 1.56. The fourth-order valence-electron chi connectivity index (χ4n) is 3.41. The van der Waals surface area contributed by atoms with E-state index < -0.39 is 0 Å². The number of H-pyrrole nitrogens is 1. The Bertz CT molecular complexity index is 604. The number of furan rings is 1. The van der Waals surface area contributed by atoms with E-state index in [4.69, 9.17) is 4.42 Å². The van der Waals surface area contributed by atoms with E-state index in [9.17, 15) is 0 Å². The zero-order chi connectivity index (χ0) is 13.5. The summed E-state index contributed by atoms with van der Waals surface area (Å²) in [7, 11) is 0. The van der Waals surface area contributed by atoms with Crippen LogP contribution in [0.25, 0.3) is 11.6 Å². The minimum Gasteiger partial charge on any atom is -0.461 e. The van der Waals surface area contributed by atoms with Crippen molar-refractivity contribution in [3.05, 3.63) is 17.9 Å². The van der Waals surface area contributed by atoms with Crippen molar-refractivity contribution in [2.24, 2.45) is 5.92 Å². The van der Waals surface area contributed by atoms with Crippen molar-refractivity contribution >= 4 is 5.95 Å². The fraction of sp³-hybridized carbons (Fsp3) is 0.571. The Kier molecular flexibility index (Phi) is 2.77. The number of nitrogens with one attached hydrogen (secondary N) is 2. The normalized spacial score (nSPS) is 25.9. The third-order valence-electron chi connectivity index (χ3n) is 4.49. The third kappa shape index (κ3) is 1.83. The molecule has 20 heavy (non-hydrogen) atoms. The maximum atomic E-state index is 5.47. The van der Waals surface area contributed by atoms with Gasteiger partial charge in [0.05, 0.1) is 6.26 Å². The molecule has 2 N–H and O–H groups in total. The molecule has 0 aromatic carbocycles. The van der Waals surface area contributed by atoms with Crippen LogP contribution in [0.2, 0.25) is 0 Å². The summed E-state index contributed by atoms with van der Waals surface area (Å²) in [5, 5.41) is 10.9. The lowest BCUT2D eigenvalue weighted by Gasteiger charge is -2.36. The van der Waals surface area contributed by atoms with Gasteiger partial charge in [0, 0.05) is 25.7 Å². The number of rotatable bonds is 2. The van der Waals surface area contributed by atoms with Crippen LogP contribution in [0.1, 0.15) is 18.4 Å². The van der Waals surface area contributed by atoms with Crippen LogP contribution in [0, 0.1) is 12.8 Å². The highest BCUT2D eigenvalue weighted by Gasteiger charge is 2.36. The molecule has 2 fully saturated rings. The van der Waals surface area contributed by atoms with Gasteiger partial charge in [-0.05, 0) is 37.3 Å². The second-order valence-corrected chi connectivity index (χ2v) is 5.74. The Hall–Kier alpha value is -1.82. The number of nitrogens with zero attached hydrogens (tertiary/aromatic N) is 3. The van der Waals surface area contributed by atoms with Crippen LogP contribution in [-0.2, 0) is 0 Å². The summed E-state index contributed by atoms with van der Waals surface area (Å²) in [6, 6.07) is 2.47. The van der Waals surface area contributed by atoms with E-state index in [1.807, 2.05) is 13.0 Å². The number of piperidine rings is 1. The minimum absolute atomic E-state index is 0.532. The van der Waals surface area contributed by atoms with Crippen LogP contribution in [-0.4, -0.2) is 40.9 Å². The highest BCUT2D eigenvalue weighted by atomic mass is 16.3. The number of aromatic nitrogens is 3. The van der Waals surface area contributed by atoms with Gasteiger partial charge in [-0.25, -0.2) is 0 Å². The molecule has 0 saturated carbocycles. The van der Waals surface area contributed by atoms with Gasteiger partial charge in [-0.2, -0.15) is 4.98 Å². The molecule has 6 nitrogen and oxygen atoms in total. The van der Waals surface area contributed by atoms with Crippen molar-refractivity contribution < 1.29 is 4.42 Å². The number of aryl methyl sites for hydroxylation is 1. The van der Waals surface area contributed by atoms with Gasteiger partial charge in [-0.15, -0.1) is 5.10 Å². The molecule has 4 heterocycles. The van der Waals surface area contributed by atoms with Crippen LogP contribution in [0.15, 0.2) is 16.7 Å². The summed E-state index contributed by atoms with van der Waals surface area (Å²) in [6.45, 7) is 5.21. The van der Waals surface area contributed by atoms with E-state index in [0.29, 0.717) is 6.04 Å². The van der Waals surface area contributed by atoms with E-state index >= 15 is 0 Å². The van der Waals surface area contributed by atoms with Gasteiger partial charge in [-0.1, -0.05) is 0 Å². The largest absolute Gasteiger partial charge is 0.461 e. The Morgan fingerprint density at radius 3 is 3.20 bits per heavy atom. The first-order valence-electron chi connectivity index (χ1n) is 7.27. The number of fused-ring (bicyclic) bond motifs is 1. The third-order valence-corrected chi connectivity index (χ3v) is 4.49. The molecule has 0 amide bonds. The van der Waals surface area contributed by atoms with E-state index in [0.717, 1.165) is 48.6 Å². The van der Waals surface area contributed by atoms with Crippen molar-refractivity contribution in [2.45, 2.75) is 25.8 Å². The molecule has 106 valence electrons. The Morgan fingerprint density at radius 2 is 2.35 bits per heavy atom. The average Bonchev–Trinajstić information content (AvgIpc) is 3.17. The molecule has 0 radical (unpaired) electrons. The van der Waals surface area contributed by atoms with E-state index in [-0.39, 0.29) is 0 Å². The summed E-state index contributed by atoms with van der Waals surface area (Å²) in [4.78, 5) is 6.98. The molecule has 2 saturated heterocycles. The van der Waals surface area contributed by atoms with Gasteiger partial charge in [0.15, 0.2) is 11.6 Å². The molecule has 0 bridgehead atoms. The van der Waals surface area contributed by atoms with Crippen LogP contribution in [0.4, 0.5) is 5.95 Å². The molecule has 2 aromatic heterocycles. The molecule has 2 unspecified atom stereocenters. The molecule has 2 aromatic rings. The summed E-state index contributed by atoms with van der Waals surface area (Å²) in [5.74, 6) is 3.03. The quantitative estimate of drug-likeness (QED) is 0.869.